The van der Waals surface area contributed by atoms with Crippen molar-refractivity contribution in [3.63, 3.8) is 0 Å². The smallest absolute Gasteiger partial charge is 0.293 e. The van der Waals surface area contributed by atoms with Gasteiger partial charge in [-0.15, -0.1) is 21.5 Å². The maximum absolute atomic E-state index is 12.8. The molecule has 0 bridgehead atoms. The number of carbonyl (C=O) groups is 2. The zero-order chi connectivity index (χ0) is 20.7. The van der Waals surface area contributed by atoms with Crippen LogP contribution in [0, 0.1) is 11.8 Å². The monoisotopic (exact) mass is 423 g/mol. The first-order valence-corrected chi connectivity index (χ1v) is 10.7. The molecule has 0 unspecified atom stereocenters. The Hall–Kier alpha value is -3.20. The molecule has 2 amide bonds. The quantitative estimate of drug-likeness (QED) is 0.697. The summed E-state index contributed by atoms with van der Waals surface area (Å²) in [5.41, 5.74) is 0.667. The summed E-state index contributed by atoms with van der Waals surface area (Å²) in [5, 5.41) is 13.2. The Balaban J connectivity index is 1.29. The summed E-state index contributed by atoms with van der Waals surface area (Å²) in [6.07, 6.45) is 0.724. The van der Waals surface area contributed by atoms with Gasteiger partial charge in [0.25, 0.3) is 11.8 Å². The highest BCUT2D eigenvalue weighted by Gasteiger charge is 2.41. The lowest BCUT2D eigenvalue weighted by atomic mass is 9.89. The molecule has 2 aliphatic heterocycles. The van der Waals surface area contributed by atoms with E-state index in [1.54, 1.807) is 31.4 Å². The van der Waals surface area contributed by atoms with E-state index in [0.717, 1.165) is 29.4 Å². The summed E-state index contributed by atoms with van der Waals surface area (Å²) >= 11 is 1.47. The number of carbonyl (C=O) groups excluding carboxylic acids is 2. The third-order valence-electron chi connectivity index (χ3n) is 5.84. The molecular formula is C21H21N5O3S. The summed E-state index contributed by atoms with van der Waals surface area (Å²) < 4.78 is 7.05. The molecule has 2 aromatic heterocycles. The van der Waals surface area contributed by atoms with Crippen molar-refractivity contribution < 1.29 is 14.3 Å². The number of ether oxygens (including phenoxy) is 1. The van der Waals surface area contributed by atoms with E-state index in [4.69, 9.17) is 4.74 Å². The van der Waals surface area contributed by atoms with Crippen molar-refractivity contribution in [3.05, 3.63) is 58.3 Å². The molecule has 2 aliphatic rings. The van der Waals surface area contributed by atoms with Crippen LogP contribution in [0.15, 0.2) is 41.8 Å². The molecular weight excluding hydrogens is 402 g/mol. The first kappa shape index (κ1) is 18.8. The van der Waals surface area contributed by atoms with Crippen LogP contribution >= 0.6 is 11.3 Å². The average molecular weight is 423 g/mol. The van der Waals surface area contributed by atoms with Gasteiger partial charge in [-0.2, -0.15) is 0 Å². The molecule has 0 saturated carbocycles. The highest BCUT2D eigenvalue weighted by molar-refractivity contribution is 7.12. The number of methoxy groups -OCH3 is 1. The van der Waals surface area contributed by atoms with Gasteiger partial charge in [0, 0.05) is 31.7 Å². The maximum atomic E-state index is 12.8. The van der Waals surface area contributed by atoms with Crippen LogP contribution in [-0.4, -0.2) is 51.7 Å². The molecule has 0 aliphatic carbocycles. The number of amides is 2. The van der Waals surface area contributed by atoms with Gasteiger partial charge >= 0.3 is 0 Å². The molecule has 1 aromatic carbocycles. The molecule has 1 N–H and O–H groups in total. The molecule has 5 rings (SSSR count). The Bertz CT molecular complexity index is 1080. The maximum Gasteiger partial charge on any atom is 0.293 e. The fourth-order valence-corrected chi connectivity index (χ4v) is 4.97. The summed E-state index contributed by atoms with van der Waals surface area (Å²) in [6.45, 7) is 2.06. The first-order chi connectivity index (χ1) is 14.6. The SMILES string of the molecule is COc1ccc(NC(=O)c2nnc3n2C[C@@H]2CN(C(=O)c4cccs4)C[C@@H]2C3)cc1. The van der Waals surface area contributed by atoms with E-state index in [-0.39, 0.29) is 11.8 Å². The summed E-state index contributed by atoms with van der Waals surface area (Å²) in [5.74, 6) is 2.29. The fourth-order valence-electron chi connectivity index (χ4n) is 4.28. The lowest BCUT2D eigenvalue weighted by Crippen LogP contribution is -2.31. The van der Waals surface area contributed by atoms with Crippen molar-refractivity contribution in [2.45, 2.75) is 13.0 Å². The van der Waals surface area contributed by atoms with Crippen LogP contribution in [0.1, 0.15) is 26.1 Å². The van der Waals surface area contributed by atoms with E-state index in [1.165, 1.54) is 11.3 Å². The van der Waals surface area contributed by atoms with Gasteiger partial charge in [-0.25, -0.2) is 0 Å². The van der Waals surface area contributed by atoms with Crippen LogP contribution < -0.4 is 10.1 Å². The summed E-state index contributed by atoms with van der Waals surface area (Å²) in [4.78, 5) is 28.2. The van der Waals surface area contributed by atoms with Crippen LogP contribution in [0.5, 0.6) is 5.75 Å². The van der Waals surface area contributed by atoms with E-state index in [0.29, 0.717) is 36.4 Å². The van der Waals surface area contributed by atoms with Gasteiger partial charge in [-0.3, -0.25) is 9.59 Å². The number of nitrogens with zero attached hydrogens (tertiary/aromatic N) is 4. The predicted octanol–water partition coefficient (Wildman–Crippen LogP) is 2.55. The predicted molar refractivity (Wildman–Crippen MR) is 112 cm³/mol. The Labute approximate surface area is 177 Å². The first-order valence-electron chi connectivity index (χ1n) is 9.82. The van der Waals surface area contributed by atoms with Gasteiger partial charge in [-0.1, -0.05) is 6.07 Å². The van der Waals surface area contributed by atoms with Crippen LogP contribution in [0.4, 0.5) is 5.69 Å². The minimum Gasteiger partial charge on any atom is -0.497 e. The molecule has 2 atom stereocenters. The Morgan fingerprint density at radius 3 is 2.63 bits per heavy atom. The van der Waals surface area contributed by atoms with Gasteiger partial charge in [0.1, 0.15) is 11.6 Å². The minimum atomic E-state index is -0.290. The standard InChI is InChI=1S/C21H21N5O3S/c1-29-16-6-4-15(5-7-16)22-20(27)19-24-23-18-9-13-10-25(11-14(13)12-26(18)19)21(28)17-3-2-8-30-17/h2-8,13-14H,9-12H2,1H3,(H,22,27)/t13-,14-/m0/s1. The largest absolute Gasteiger partial charge is 0.497 e. The zero-order valence-electron chi connectivity index (χ0n) is 16.4. The number of hydrogen-bond donors (Lipinski definition) is 1. The number of nitrogens with one attached hydrogen (secondary N) is 1. The Morgan fingerprint density at radius 2 is 1.90 bits per heavy atom. The van der Waals surface area contributed by atoms with E-state index < -0.39 is 0 Å². The number of hydrogen-bond acceptors (Lipinski definition) is 6. The molecule has 154 valence electrons. The number of anilines is 1. The second-order valence-electron chi connectivity index (χ2n) is 7.64. The number of rotatable bonds is 4. The van der Waals surface area contributed by atoms with E-state index in [1.807, 2.05) is 27.0 Å². The normalized spacial score (nSPS) is 19.8. The highest BCUT2D eigenvalue weighted by Crippen LogP contribution is 2.33. The lowest BCUT2D eigenvalue weighted by Gasteiger charge is -2.25. The van der Waals surface area contributed by atoms with Crippen molar-refractivity contribution in [1.29, 1.82) is 0 Å². The van der Waals surface area contributed by atoms with Crippen molar-refractivity contribution in [3.8, 4) is 5.75 Å². The van der Waals surface area contributed by atoms with Crippen LogP contribution in [0.2, 0.25) is 0 Å². The molecule has 0 radical (unpaired) electrons. The van der Waals surface area contributed by atoms with Gasteiger partial charge in [0.15, 0.2) is 0 Å². The van der Waals surface area contributed by atoms with E-state index in [2.05, 4.69) is 15.5 Å². The molecule has 8 nitrogen and oxygen atoms in total. The van der Waals surface area contributed by atoms with Crippen LogP contribution in [-0.2, 0) is 13.0 Å². The van der Waals surface area contributed by atoms with Gasteiger partial charge in [0.05, 0.1) is 12.0 Å². The van der Waals surface area contributed by atoms with Gasteiger partial charge in [0.2, 0.25) is 5.82 Å². The van der Waals surface area contributed by atoms with E-state index >= 15 is 0 Å². The van der Waals surface area contributed by atoms with Crippen LogP contribution in [0.3, 0.4) is 0 Å². The van der Waals surface area contributed by atoms with Gasteiger partial charge < -0.3 is 19.5 Å². The number of thiophene rings is 1. The Morgan fingerprint density at radius 1 is 1.10 bits per heavy atom. The number of aromatic nitrogens is 3. The third kappa shape index (κ3) is 3.35. The fraction of sp³-hybridized carbons (Fsp3) is 0.333. The molecule has 3 aromatic rings. The van der Waals surface area contributed by atoms with Gasteiger partial charge in [-0.05, 0) is 47.5 Å². The van der Waals surface area contributed by atoms with E-state index in [9.17, 15) is 9.59 Å². The lowest BCUT2D eigenvalue weighted by molar-refractivity contribution is 0.0788. The van der Waals surface area contributed by atoms with Crippen molar-refractivity contribution in [2.24, 2.45) is 11.8 Å². The molecule has 4 heterocycles. The summed E-state index contributed by atoms with van der Waals surface area (Å²) in [7, 11) is 1.60. The molecule has 1 saturated heterocycles. The molecule has 1 fully saturated rings. The number of benzene rings is 1. The zero-order valence-corrected chi connectivity index (χ0v) is 17.3. The molecule has 9 heteroatoms. The Kier molecular flexibility index (Phi) is 4.74. The molecule has 30 heavy (non-hydrogen) atoms. The minimum absolute atomic E-state index is 0.0904. The summed E-state index contributed by atoms with van der Waals surface area (Å²) in [6, 6.07) is 10.9. The van der Waals surface area contributed by atoms with Crippen molar-refractivity contribution >= 4 is 28.8 Å². The third-order valence-corrected chi connectivity index (χ3v) is 6.69. The second-order valence-corrected chi connectivity index (χ2v) is 8.59. The topological polar surface area (TPSA) is 89.3 Å². The van der Waals surface area contributed by atoms with Crippen LogP contribution in [0.25, 0.3) is 0 Å². The average Bonchev–Trinajstić information content (AvgIpc) is 3.51. The van der Waals surface area contributed by atoms with Crippen molar-refractivity contribution in [2.75, 3.05) is 25.5 Å². The molecule has 0 spiro atoms. The highest BCUT2D eigenvalue weighted by atomic mass is 32.1. The van der Waals surface area contributed by atoms with Crippen molar-refractivity contribution in [1.82, 2.24) is 19.7 Å². The number of fused-ring (bicyclic) bond motifs is 2. The second kappa shape index (κ2) is 7.56. The number of likely N-dealkylation sites (tertiary alicyclic amines) is 1.